The normalized spacial score (nSPS) is 11.9. The number of rotatable bonds is 2. The number of nitrogens with zero attached hydrogens (tertiary/aromatic N) is 3. The summed E-state index contributed by atoms with van der Waals surface area (Å²) in [5.41, 5.74) is 1.83. The molecule has 0 N–H and O–H groups in total. The van der Waals surface area contributed by atoms with E-state index in [2.05, 4.69) is 4.28 Å². The first-order valence-electron chi connectivity index (χ1n) is 1.85. The van der Waals surface area contributed by atoms with Crippen LogP contribution in [0.25, 0.3) is 10.4 Å². The zero-order chi connectivity index (χ0) is 9.12. The summed E-state index contributed by atoms with van der Waals surface area (Å²) in [4.78, 5) is 1.66. The number of halogens is 3. The molecule has 0 fully saturated rings. The Balaban J connectivity index is 4.63. The van der Waals surface area contributed by atoms with E-state index in [1.54, 1.807) is 10.2 Å². The minimum Gasteiger partial charge on any atom is -0.304 e. The van der Waals surface area contributed by atoms with Crippen molar-refractivity contribution < 1.29 is 25.9 Å². The molecular weight excluding hydrogens is 191 g/mol. The molecule has 0 heterocycles. The van der Waals surface area contributed by atoms with Gasteiger partial charge >= 0.3 is 15.6 Å². The van der Waals surface area contributed by atoms with Gasteiger partial charge in [0.1, 0.15) is 5.28 Å². The lowest BCUT2D eigenvalue weighted by molar-refractivity contribution is -0.0542. The van der Waals surface area contributed by atoms with E-state index in [4.69, 9.17) is 5.53 Å². The number of alkyl halides is 3. The van der Waals surface area contributed by atoms with Gasteiger partial charge in [0.15, 0.2) is 0 Å². The standard InChI is InChI=1S/CF3N3O3S/c2-1(3,4)11(8,9)10-7-6-5. The van der Waals surface area contributed by atoms with E-state index in [0.29, 0.717) is 0 Å². The number of hydrogen-bond acceptors (Lipinski definition) is 4. The van der Waals surface area contributed by atoms with Gasteiger partial charge in [-0.15, -0.1) is 0 Å². The van der Waals surface area contributed by atoms with Crippen molar-refractivity contribution in [2.75, 3.05) is 0 Å². The molecule has 64 valence electrons. The first-order chi connectivity index (χ1) is 4.81. The van der Waals surface area contributed by atoms with Crippen LogP contribution >= 0.6 is 0 Å². The summed E-state index contributed by atoms with van der Waals surface area (Å²) in [6.07, 6.45) is 0. The first kappa shape index (κ1) is 9.85. The van der Waals surface area contributed by atoms with Gasteiger partial charge in [0.05, 0.1) is 0 Å². The maximum Gasteiger partial charge on any atom is 0.534 e. The zero-order valence-corrected chi connectivity index (χ0v) is 5.43. The highest BCUT2D eigenvalue weighted by Crippen LogP contribution is 2.24. The van der Waals surface area contributed by atoms with Gasteiger partial charge in [-0.1, -0.05) is 0 Å². The lowest BCUT2D eigenvalue weighted by Crippen LogP contribution is -2.23. The van der Waals surface area contributed by atoms with Crippen molar-refractivity contribution in [2.45, 2.75) is 5.51 Å². The molecule has 0 spiro atoms. The van der Waals surface area contributed by atoms with Crippen LogP contribution in [0, 0.1) is 0 Å². The predicted octanol–water partition coefficient (Wildman–Crippen LogP) is 1.08. The SMILES string of the molecule is [N-]=[N+]=NOS(=O)(=O)C(F)(F)F. The third kappa shape index (κ3) is 2.51. The second-order valence-corrected chi connectivity index (χ2v) is 2.67. The second-order valence-electron chi connectivity index (χ2n) is 1.15. The van der Waals surface area contributed by atoms with E-state index < -0.39 is 15.6 Å². The predicted molar refractivity (Wildman–Crippen MR) is 25.2 cm³/mol. The molecular formula is CF3N3O3S. The highest BCUT2D eigenvalue weighted by Gasteiger charge is 2.48. The molecule has 0 aliphatic heterocycles. The van der Waals surface area contributed by atoms with Crippen LogP contribution in [-0.2, 0) is 14.4 Å². The molecule has 0 atom stereocenters. The molecule has 0 aromatic rings. The summed E-state index contributed by atoms with van der Waals surface area (Å²) < 4.78 is 56.2. The fraction of sp³-hybridized carbons (Fsp3) is 1.00. The van der Waals surface area contributed by atoms with E-state index in [0.717, 1.165) is 0 Å². The van der Waals surface area contributed by atoms with Gasteiger partial charge in [-0.25, -0.2) is 0 Å². The summed E-state index contributed by atoms with van der Waals surface area (Å²) >= 11 is 0. The Hall–Kier alpha value is -1.15. The zero-order valence-electron chi connectivity index (χ0n) is 4.61. The van der Waals surface area contributed by atoms with Gasteiger partial charge in [0.25, 0.3) is 0 Å². The van der Waals surface area contributed by atoms with Crippen molar-refractivity contribution in [2.24, 2.45) is 5.28 Å². The Kier molecular flexibility index (Phi) is 2.55. The van der Waals surface area contributed by atoms with Crippen LogP contribution < -0.4 is 0 Å². The van der Waals surface area contributed by atoms with E-state index in [9.17, 15) is 21.6 Å². The Labute approximate surface area is 58.3 Å². The van der Waals surface area contributed by atoms with Gasteiger partial charge in [-0.2, -0.15) is 21.6 Å². The molecule has 0 unspecified atom stereocenters. The molecule has 0 saturated carbocycles. The molecule has 0 aliphatic carbocycles. The molecule has 0 rings (SSSR count). The largest absolute Gasteiger partial charge is 0.534 e. The monoisotopic (exact) mass is 191 g/mol. The number of hydrogen-bond donors (Lipinski definition) is 0. The van der Waals surface area contributed by atoms with Crippen molar-refractivity contribution in [3.8, 4) is 0 Å². The molecule has 10 heteroatoms. The van der Waals surface area contributed by atoms with Crippen molar-refractivity contribution in [1.29, 1.82) is 0 Å². The van der Waals surface area contributed by atoms with Gasteiger partial charge in [0.2, 0.25) is 0 Å². The molecule has 0 saturated heterocycles. The van der Waals surface area contributed by atoms with E-state index >= 15 is 0 Å². The maximum absolute atomic E-state index is 11.3. The lowest BCUT2D eigenvalue weighted by Gasteiger charge is -2.02. The fourth-order valence-corrected chi connectivity index (χ4v) is 0.303. The Bertz CT molecular complexity index is 273. The first-order valence-corrected chi connectivity index (χ1v) is 3.26. The lowest BCUT2D eigenvalue weighted by atomic mass is 11.6. The van der Waals surface area contributed by atoms with Crippen molar-refractivity contribution >= 4 is 10.1 Å². The van der Waals surface area contributed by atoms with Crippen LogP contribution in [-0.4, -0.2) is 13.9 Å². The van der Waals surface area contributed by atoms with Crippen LogP contribution in [0.3, 0.4) is 0 Å². The summed E-state index contributed by atoms with van der Waals surface area (Å²) in [5, 5.41) is 1.78. The summed E-state index contributed by atoms with van der Waals surface area (Å²) in [5.74, 6) is 0. The van der Waals surface area contributed by atoms with Crippen LogP contribution in [0.1, 0.15) is 0 Å². The van der Waals surface area contributed by atoms with Crippen molar-refractivity contribution in [3.63, 3.8) is 0 Å². The average Bonchev–Trinajstić information content (AvgIpc) is 1.81. The van der Waals surface area contributed by atoms with E-state index in [1.807, 2.05) is 0 Å². The Morgan fingerprint density at radius 2 is 1.91 bits per heavy atom. The van der Waals surface area contributed by atoms with Crippen molar-refractivity contribution in [1.82, 2.24) is 0 Å². The van der Waals surface area contributed by atoms with Gasteiger partial charge in [0, 0.05) is 4.91 Å². The Morgan fingerprint density at radius 3 is 2.18 bits per heavy atom. The molecule has 6 nitrogen and oxygen atoms in total. The molecule has 0 aromatic carbocycles. The second kappa shape index (κ2) is 2.84. The minimum absolute atomic E-state index is 1.66. The summed E-state index contributed by atoms with van der Waals surface area (Å²) in [7, 11) is -5.78. The van der Waals surface area contributed by atoms with Crippen molar-refractivity contribution in [3.05, 3.63) is 10.4 Å². The Morgan fingerprint density at radius 1 is 1.45 bits per heavy atom. The summed E-state index contributed by atoms with van der Waals surface area (Å²) in [6, 6.07) is 0. The van der Waals surface area contributed by atoms with Gasteiger partial charge < -0.3 is 4.28 Å². The van der Waals surface area contributed by atoms with E-state index in [1.165, 1.54) is 0 Å². The third-order valence-corrected chi connectivity index (χ3v) is 1.28. The smallest absolute Gasteiger partial charge is 0.304 e. The summed E-state index contributed by atoms with van der Waals surface area (Å²) in [6.45, 7) is 0. The average molecular weight is 191 g/mol. The van der Waals surface area contributed by atoms with Gasteiger partial charge in [-0.3, -0.25) is 0 Å². The van der Waals surface area contributed by atoms with Gasteiger partial charge in [-0.05, 0) is 5.53 Å². The third-order valence-electron chi connectivity index (χ3n) is 0.451. The van der Waals surface area contributed by atoms with Crippen LogP contribution in [0.4, 0.5) is 13.2 Å². The quantitative estimate of drug-likeness (QED) is 0.215. The molecule has 0 amide bonds. The molecule has 0 aromatic heterocycles. The van der Waals surface area contributed by atoms with Crippen LogP contribution in [0.2, 0.25) is 0 Å². The molecule has 0 bridgehead atoms. The topological polar surface area (TPSA) is 92.1 Å². The molecule has 0 radical (unpaired) electrons. The highest BCUT2D eigenvalue weighted by molar-refractivity contribution is 7.87. The maximum atomic E-state index is 11.3. The molecule has 11 heavy (non-hydrogen) atoms. The molecule has 0 aliphatic rings. The van der Waals surface area contributed by atoms with Crippen LogP contribution in [0.5, 0.6) is 0 Å². The number of azide groups is 1. The fourth-order valence-electron chi connectivity index (χ4n) is 0.101. The highest BCUT2D eigenvalue weighted by atomic mass is 32.2. The van der Waals surface area contributed by atoms with Crippen LogP contribution in [0.15, 0.2) is 5.28 Å². The minimum atomic E-state index is -5.78. The van der Waals surface area contributed by atoms with E-state index in [-0.39, 0.29) is 0 Å².